The van der Waals surface area contributed by atoms with Crippen LogP contribution < -0.4 is 14.1 Å². The van der Waals surface area contributed by atoms with E-state index in [0.29, 0.717) is 10.8 Å². The summed E-state index contributed by atoms with van der Waals surface area (Å²) in [7, 11) is -4.19. The van der Waals surface area contributed by atoms with E-state index in [9.17, 15) is 9.36 Å². The topological polar surface area (TPSA) is 73.9 Å². The first-order chi connectivity index (χ1) is 16.8. The van der Waals surface area contributed by atoms with E-state index in [-0.39, 0.29) is 17.4 Å². The number of benzene rings is 4. The zero-order valence-electron chi connectivity index (χ0n) is 18.7. The van der Waals surface area contributed by atoms with Crippen LogP contribution >= 0.6 is 30.9 Å². The fourth-order valence-corrected chi connectivity index (χ4v) is 5.36. The Balaban J connectivity index is 1.59. The lowest BCUT2D eigenvalue weighted by Crippen LogP contribution is -2.35. The smallest absolute Gasteiger partial charge is 0.460 e. The fraction of sp³-hybridized carbons (Fsp3) is 0.115. The van der Waals surface area contributed by atoms with Gasteiger partial charge in [0.15, 0.2) is 0 Å². The van der Waals surface area contributed by atoms with E-state index in [2.05, 4.69) is 5.09 Å². The van der Waals surface area contributed by atoms with Crippen LogP contribution in [-0.2, 0) is 20.7 Å². The van der Waals surface area contributed by atoms with Crippen LogP contribution in [0.25, 0.3) is 10.8 Å². The zero-order chi connectivity index (χ0) is 24.8. The summed E-state index contributed by atoms with van der Waals surface area (Å²) in [6, 6.07) is 25.5. The van der Waals surface area contributed by atoms with Crippen LogP contribution in [0.2, 0.25) is 10.0 Å². The molecule has 0 bridgehead atoms. The standard InChI is InChI=1S/C26H22Cl2NO5P/c1-18(26(30)32-17-19-8-3-2-4-9-19)29-35(31,34-25-15-14-21(27)16-23(25)28)33-24-13-7-11-20-10-5-6-12-22(20)24/h2-16,18H,17H2,1H3,(H,29,31)/t18-,35?/m0/s1. The van der Waals surface area contributed by atoms with Crippen molar-refractivity contribution in [3.05, 3.63) is 107 Å². The quantitative estimate of drug-likeness (QED) is 0.179. The first-order valence-corrected chi connectivity index (χ1v) is 13.0. The number of hydrogen-bond acceptors (Lipinski definition) is 5. The summed E-state index contributed by atoms with van der Waals surface area (Å²) < 4.78 is 31.0. The van der Waals surface area contributed by atoms with E-state index in [4.69, 9.17) is 37.0 Å². The largest absolute Gasteiger partial charge is 0.513 e. The van der Waals surface area contributed by atoms with Crippen LogP contribution in [0.4, 0.5) is 0 Å². The highest BCUT2D eigenvalue weighted by molar-refractivity contribution is 7.52. The van der Waals surface area contributed by atoms with Crippen LogP contribution in [0.5, 0.6) is 11.5 Å². The second-order valence-corrected chi connectivity index (χ2v) is 10.1. The second kappa shape index (κ2) is 11.1. The van der Waals surface area contributed by atoms with Crippen molar-refractivity contribution in [3.63, 3.8) is 0 Å². The highest BCUT2D eigenvalue weighted by Gasteiger charge is 2.35. The lowest BCUT2D eigenvalue weighted by Gasteiger charge is -2.24. The van der Waals surface area contributed by atoms with Gasteiger partial charge in [-0.25, -0.2) is 4.57 Å². The summed E-state index contributed by atoms with van der Waals surface area (Å²) >= 11 is 12.2. The van der Waals surface area contributed by atoms with Crippen molar-refractivity contribution >= 4 is 47.7 Å². The Morgan fingerprint density at radius 2 is 1.57 bits per heavy atom. The van der Waals surface area contributed by atoms with E-state index < -0.39 is 19.8 Å². The minimum absolute atomic E-state index is 0.0735. The molecule has 0 aliphatic carbocycles. The predicted molar refractivity (Wildman–Crippen MR) is 138 cm³/mol. The molecule has 4 rings (SSSR count). The van der Waals surface area contributed by atoms with Gasteiger partial charge in [0.25, 0.3) is 0 Å². The number of nitrogens with one attached hydrogen (secondary N) is 1. The number of ether oxygens (including phenoxy) is 1. The molecule has 4 aromatic rings. The van der Waals surface area contributed by atoms with E-state index >= 15 is 0 Å². The Bertz CT molecular complexity index is 1380. The monoisotopic (exact) mass is 529 g/mol. The molecule has 1 unspecified atom stereocenters. The van der Waals surface area contributed by atoms with Gasteiger partial charge in [-0.15, -0.1) is 0 Å². The van der Waals surface area contributed by atoms with Gasteiger partial charge in [0.2, 0.25) is 0 Å². The maximum absolute atomic E-state index is 14.0. The van der Waals surface area contributed by atoms with Gasteiger partial charge in [-0.3, -0.25) is 4.79 Å². The van der Waals surface area contributed by atoms with Crippen molar-refractivity contribution in [3.8, 4) is 11.5 Å². The summed E-state index contributed by atoms with van der Waals surface area (Å²) in [5.74, 6) is -0.229. The van der Waals surface area contributed by atoms with Gasteiger partial charge in [0, 0.05) is 10.4 Å². The van der Waals surface area contributed by atoms with E-state index in [1.807, 2.05) is 60.7 Å². The van der Waals surface area contributed by atoms with Crippen LogP contribution in [0, 0.1) is 0 Å². The Kier molecular flexibility index (Phi) is 7.99. The van der Waals surface area contributed by atoms with E-state index in [0.717, 1.165) is 16.3 Å². The molecule has 2 atom stereocenters. The minimum Gasteiger partial charge on any atom is -0.460 e. The van der Waals surface area contributed by atoms with E-state index in [1.165, 1.54) is 19.1 Å². The number of rotatable bonds is 9. The number of hydrogen-bond donors (Lipinski definition) is 1. The molecule has 0 fully saturated rings. The summed E-state index contributed by atoms with van der Waals surface area (Å²) in [5.41, 5.74) is 0.826. The molecule has 6 nitrogen and oxygen atoms in total. The van der Waals surface area contributed by atoms with Crippen molar-refractivity contribution in [2.45, 2.75) is 19.6 Å². The summed E-state index contributed by atoms with van der Waals surface area (Å²) in [6.45, 7) is 1.59. The highest BCUT2D eigenvalue weighted by Crippen LogP contribution is 2.48. The third kappa shape index (κ3) is 6.56. The first kappa shape index (κ1) is 25.1. The normalized spacial score (nSPS) is 13.6. The molecule has 1 N–H and O–H groups in total. The van der Waals surface area contributed by atoms with Crippen molar-refractivity contribution in [2.24, 2.45) is 0 Å². The zero-order valence-corrected chi connectivity index (χ0v) is 21.1. The molecule has 0 spiro atoms. The molecule has 35 heavy (non-hydrogen) atoms. The van der Waals surface area contributed by atoms with Gasteiger partial charge in [-0.05, 0) is 42.1 Å². The SMILES string of the molecule is C[C@H](NP(=O)(Oc1ccc(Cl)cc1Cl)Oc1cccc2ccccc12)C(=O)OCc1ccccc1. The van der Waals surface area contributed by atoms with Gasteiger partial charge < -0.3 is 13.8 Å². The van der Waals surface area contributed by atoms with Gasteiger partial charge in [-0.1, -0.05) is 89.9 Å². The minimum atomic E-state index is -4.19. The first-order valence-electron chi connectivity index (χ1n) is 10.7. The van der Waals surface area contributed by atoms with Crippen molar-refractivity contribution in [2.75, 3.05) is 0 Å². The maximum Gasteiger partial charge on any atom is 0.513 e. The Morgan fingerprint density at radius 1 is 0.886 bits per heavy atom. The van der Waals surface area contributed by atoms with E-state index in [1.54, 1.807) is 18.2 Å². The van der Waals surface area contributed by atoms with Crippen LogP contribution in [-0.4, -0.2) is 12.0 Å². The average Bonchev–Trinajstić information content (AvgIpc) is 2.85. The molecule has 0 saturated heterocycles. The molecule has 9 heteroatoms. The predicted octanol–water partition coefficient (Wildman–Crippen LogP) is 7.43. The molecule has 180 valence electrons. The Hall–Kier alpha value is -3.02. The average molecular weight is 530 g/mol. The van der Waals surface area contributed by atoms with Crippen LogP contribution in [0.1, 0.15) is 12.5 Å². The molecule has 0 aliphatic heterocycles. The summed E-state index contributed by atoms with van der Waals surface area (Å²) in [6.07, 6.45) is 0. The summed E-state index contributed by atoms with van der Waals surface area (Å²) in [5, 5.41) is 4.81. The van der Waals surface area contributed by atoms with Crippen molar-refractivity contribution in [1.29, 1.82) is 0 Å². The number of carbonyl (C=O) groups excluding carboxylic acids is 1. The Labute approximate surface area is 213 Å². The van der Waals surface area contributed by atoms with Gasteiger partial charge >= 0.3 is 13.7 Å². The molecule has 0 heterocycles. The maximum atomic E-state index is 14.0. The highest BCUT2D eigenvalue weighted by atomic mass is 35.5. The molecule has 0 amide bonds. The third-order valence-corrected chi connectivity index (χ3v) is 7.12. The number of halogens is 2. The molecule has 0 radical (unpaired) electrons. The van der Waals surface area contributed by atoms with Gasteiger partial charge in [0.05, 0.1) is 5.02 Å². The fourth-order valence-electron chi connectivity index (χ4n) is 3.30. The molecule has 0 aliphatic rings. The van der Waals surface area contributed by atoms with Gasteiger partial charge in [0.1, 0.15) is 24.1 Å². The number of carbonyl (C=O) groups is 1. The Morgan fingerprint density at radius 3 is 2.34 bits per heavy atom. The lowest BCUT2D eigenvalue weighted by atomic mass is 10.1. The lowest BCUT2D eigenvalue weighted by molar-refractivity contribution is -0.146. The molecular formula is C26H22Cl2NO5P. The number of fused-ring (bicyclic) bond motifs is 1. The molecule has 0 aromatic heterocycles. The van der Waals surface area contributed by atoms with Crippen LogP contribution in [0.15, 0.2) is 91.0 Å². The summed E-state index contributed by atoms with van der Waals surface area (Å²) in [4.78, 5) is 12.7. The number of esters is 1. The van der Waals surface area contributed by atoms with Gasteiger partial charge in [-0.2, -0.15) is 5.09 Å². The van der Waals surface area contributed by atoms with Crippen LogP contribution in [0.3, 0.4) is 0 Å². The third-order valence-electron chi connectivity index (χ3n) is 5.01. The van der Waals surface area contributed by atoms with Crippen molar-refractivity contribution in [1.82, 2.24) is 5.09 Å². The second-order valence-electron chi connectivity index (χ2n) is 7.68. The van der Waals surface area contributed by atoms with Crippen molar-refractivity contribution < 1.29 is 23.1 Å². The molecule has 4 aromatic carbocycles. The molecule has 0 saturated carbocycles. The molecular weight excluding hydrogens is 508 g/mol.